The number of likely N-dealkylation sites (N-methyl/N-ethyl adjacent to an activating group) is 1. The van der Waals surface area contributed by atoms with E-state index in [2.05, 4.69) is 32.2 Å². The van der Waals surface area contributed by atoms with Crippen LogP contribution in [0.15, 0.2) is 36.4 Å². The molecular formula is C23H29N7O2. The standard InChI is InChI=1S/C23H29N7O2/c1-16-13-17(2)30(27-16)21-14-20(24-22(31)15-29-11-9-28(3)10-12-29)25-23(26-21)18-7-5-6-8-19(18)32-4/h5-8,13-14H,9-12,15H2,1-4H3,(H,24,25,26,31). The topological polar surface area (TPSA) is 88.4 Å². The van der Waals surface area contributed by atoms with Gasteiger partial charge in [0, 0.05) is 37.9 Å². The summed E-state index contributed by atoms with van der Waals surface area (Å²) in [6, 6.07) is 11.3. The molecule has 32 heavy (non-hydrogen) atoms. The summed E-state index contributed by atoms with van der Waals surface area (Å²) in [6.07, 6.45) is 0. The van der Waals surface area contributed by atoms with Gasteiger partial charge in [0.25, 0.3) is 0 Å². The first kappa shape index (κ1) is 21.9. The number of benzene rings is 1. The molecule has 1 saturated heterocycles. The van der Waals surface area contributed by atoms with Crippen molar-refractivity contribution in [1.82, 2.24) is 29.5 Å². The van der Waals surface area contributed by atoms with Crippen LogP contribution in [0, 0.1) is 13.8 Å². The number of hydrogen-bond acceptors (Lipinski definition) is 7. The minimum atomic E-state index is -0.0986. The lowest BCUT2D eigenvalue weighted by atomic mass is 10.2. The zero-order chi connectivity index (χ0) is 22.7. The van der Waals surface area contributed by atoms with Crippen LogP contribution in [-0.4, -0.2) is 82.3 Å². The zero-order valence-corrected chi connectivity index (χ0v) is 19.0. The number of nitrogens with one attached hydrogen (secondary N) is 1. The van der Waals surface area contributed by atoms with Crippen molar-refractivity contribution in [2.75, 3.05) is 52.2 Å². The third kappa shape index (κ3) is 4.95. The number of ether oxygens (including phenoxy) is 1. The molecule has 1 fully saturated rings. The Morgan fingerprint density at radius 3 is 2.53 bits per heavy atom. The first-order chi connectivity index (χ1) is 15.4. The molecule has 168 valence electrons. The Kier molecular flexibility index (Phi) is 6.48. The molecule has 0 spiro atoms. The molecule has 0 radical (unpaired) electrons. The van der Waals surface area contributed by atoms with Crippen molar-refractivity contribution < 1.29 is 9.53 Å². The van der Waals surface area contributed by atoms with Gasteiger partial charge in [-0.2, -0.15) is 5.10 Å². The van der Waals surface area contributed by atoms with Crippen LogP contribution >= 0.6 is 0 Å². The molecule has 0 aliphatic carbocycles. The number of amides is 1. The molecule has 0 atom stereocenters. The van der Waals surface area contributed by atoms with Gasteiger partial charge < -0.3 is 15.0 Å². The second-order valence-electron chi connectivity index (χ2n) is 8.10. The van der Waals surface area contributed by atoms with Crippen LogP contribution in [-0.2, 0) is 4.79 Å². The lowest BCUT2D eigenvalue weighted by Crippen LogP contribution is -2.47. The van der Waals surface area contributed by atoms with Gasteiger partial charge in [0.15, 0.2) is 11.6 Å². The van der Waals surface area contributed by atoms with Gasteiger partial charge >= 0.3 is 0 Å². The largest absolute Gasteiger partial charge is 0.496 e. The smallest absolute Gasteiger partial charge is 0.239 e. The summed E-state index contributed by atoms with van der Waals surface area (Å²) in [5, 5.41) is 7.51. The maximum atomic E-state index is 12.8. The summed E-state index contributed by atoms with van der Waals surface area (Å²) >= 11 is 0. The lowest BCUT2D eigenvalue weighted by Gasteiger charge is -2.31. The molecule has 9 heteroatoms. The van der Waals surface area contributed by atoms with Crippen LogP contribution < -0.4 is 10.1 Å². The number of rotatable bonds is 6. The van der Waals surface area contributed by atoms with Crippen molar-refractivity contribution in [2.45, 2.75) is 13.8 Å². The van der Waals surface area contributed by atoms with Gasteiger partial charge in [-0.25, -0.2) is 14.6 Å². The first-order valence-corrected chi connectivity index (χ1v) is 10.7. The predicted molar refractivity (Wildman–Crippen MR) is 123 cm³/mol. The zero-order valence-electron chi connectivity index (χ0n) is 19.0. The van der Waals surface area contributed by atoms with Gasteiger partial charge in [-0.05, 0) is 39.1 Å². The lowest BCUT2D eigenvalue weighted by molar-refractivity contribution is -0.117. The molecule has 0 unspecified atom stereocenters. The Morgan fingerprint density at radius 2 is 1.84 bits per heavy atom. The van der Waals surface area contributed by atoms with Crippen LogP contribution in [0.1, 0.15) is 11.4 Å². The SMILES string of the molecule is COc1ccccc1-c1nc(NC(=O)CN2CCN(C)CC2)cc(-n2nc(C)cc2C)n1. The maximum Gasteiger partial charge on any atom is 0.239 e. The predicted octanol–water partition coefficient (Wildman–Crippen LogP) is 2.14. The highest BCUT2D eigenvalue weighted by Gasteiger charge is 2.19. The van der Waals surface area contributed by atoms with Crippen molar-refractivity contribution in [3.05, 3.63) is 47.8 Å². The van der Waals surface area contributed by atoms with E-state index in [1.807, 2.05) is 44.2 Å². The number of aryl methyl sites for hydroxylation is 2. The molecule has 1 amide bonds. The van der Waals surface area contributed by atoms with Gasteiger partial charge in [0.2, 0.25) is 5.91 Å². The fraction of sp³-hybridized carbons (Fsp3) is 0.391. The van der Waals surface area contributed by atoms with Crippen molar-refractivity contribution in [1.29, 1.82) is 0 Å². The molecule has 4 rings (SSSR count). The fourth-order valence-electron chi connectivity index (χ4n) is 3.81. The summed E-state index contributed by atoms with van der Waals surface area (Å²) in [6.45, 7) is 7.90. The van der Waals surface area contributed by atoms with E-state index in [9.17, 15) is 4.79 Å². The van der Waals surface area contributed by atoms with E-state index in [1.165, 1.54) is 0 Å². The number of anilines is 1. The van der Waals surface area contributed by atoms with E-state index >= 15 is 0 Å². The van der Waals surface area contributed by atoms with E-state index in [1.54, 1.807) is 17.9 Å². The molecule has 3 aromatic rings. The van der Waals surface area contributed by atoms with E-state index in [0.717, 1.165) is 43.1 Å². The Hall–Kier alpha value is -3.30. The summed E-state index contributed by atoms with van der Waals surface area (Å²) in [5.41, 5.74) is 2.58. The molecule has 0 saturated carbocycles. The van der Waals surface area contributed by atoms with E-state index in [4.69, 9.17) is 9.72 Å². The number of carbonyl (C=O) groups excluding carboxylic acids is 1. The van der Waals surface area contributed by atoms with Crippen molar-refractivity contribution in [3.63, 3.8) is 0 Å². The third-order valence-electron chi connectivity index (χ3n) is 5.52. The molecule has 1 aliphatic rings. The molecule has 0 bridgehead atoms. The number of aromatic nitrogens is 4. The summed E-state index contributed by atoms with van der Waals surface area (Å²) < 4.78 is 7.26. The molecule has 1 aliphatic heterocycles. The van der Waals surface area contributed by atoms with Crippen LogP contribution in [0.2, 0.25) is 0 Å². The fourth-order valence-corrected chi connectivity index (χ4v) is 3.81. The molecule has 3 heterocycles. The monoisotopic (exact) mass is 435 g/mol. The Bertz CT molecular complexity index is 1100. The highest BCUT2D eigenvalue weighted by Crippen LogP contribution is 2.28. The van der Waals surface area contributed by atoms with Crippen LogP contribution in [0.5, 0.6) is 5.75 Å². The van der Waals surface area contributed by atoms with Crippen LogP contribution in [0.4, 0.5) is 5.82 Å². The average molecular weight is 436 g/mol. The Balaban J connectivity index is 1.66. The van der Waals surface area contributed by atoms with Crippen LogP contribution in [0.25, 0.3) is 17.2 Å². The second kappa shape index (κ2) is 9.46. The van der Waals surface area contributed by atoms with Crippen molar-refractivity contribution >= 4 is 11.7 Å². The minimum absolute atomic E-state index is 0.0986. The van der Waals surface area contributed by atoms with Crippen molar-refractivity contribution in [2.24, 2.45) is 0 Å². The second-order valence-corrected chi connectivity index (χ2v) is 8.10. The average Bonchev–Trinajstić information content (AvgIpc) is 3.13. The number of hydrogen-bond donors (Lipinski definition) is 1. The van der Waals surface area contributed by atoms with E-state index in [0.29, 0.717) is 29.8 Å². The van der Waals surface area contributed by atoms with Gasteiger partial charge in [-0.3, -0.25) is 9.69 Å². The van der Waals surface area contributed by atoms with Gasteiger partial charge in [0.1, 0.15) is 11.6 Å². The maximum absolute atomic E-state index is 12.8. The Labute approximate surface area is 188 Å². The molecule has 9 nitrogen and oxygen atoms in total. The number of methoxy groups -OCH3 is 1. The Morgan fingerprint density at radius 1 is 1.09 bits per heavy atom. The quantitative estimate of drug-likeness (QED) is 0.635. The van der Waals surface area contributed by atoms with Crippen LogP contribution in [0.3, 0.4) is 0 Å². The van der Waals surface area contributed by atoms with Gasteiger partial charge in [0.05, 0.1) is 24.9 Å². The molecule has 2 aromatic heterocycles. The van der Waals surface area contributed by atoms with E-state index < -0.39 is 0 Å². The van der Waals surface area contributed by atoms with Gasteiger partial charge in [-0.1, -0.05) is 12.1 Å². The summed E-state index contributed by atoms with van der Waals surface area (Å²) in [5.74, 6) is 2.04. The molecule has 1 N–H and O–H groups in total. The first-order valence-electron chi connectivity index (χ1n) is 10.7. The number of piperazine rings is 1. The summed E-state index contributed by atoms with van der Waals surface area (Å²) in [7, 11) is 3.71. The molecular weight excluding hydrogens is 406 g/mol. The van der Waals surface area contributed by atoms with Gasteiger partial charge in [-0.15, -0.1) is 0 Å². The van der Waals surface area contributed by atoms with Crippen molar-refractivity contribution in [3.8, 4) is 23.0 Å². The number of para-hydroxylation sites is 1. The number of nitrogens with zero attached hydrogens (tertiary/aromatic N) is 6. The number of carbonyl (C=O) groups is 1. The van der Waals surface area contributed by atoms with E-state index in [-0.39, 0.29) is 5.91 Å². The summed E-state index contributed by atoms with van der Waals surface area (Å²) in [4.78, 5) is 26.6. The molecule has 1 aromatic carbocycles. The highest BCUT2D eigenvalue weighted by molar-refractivity contribution is 5.91. The normalized spacial score (nSPS) is 15.0. The highest BCUT2D eigenvalue weighted by atomic mass is 16.5. The third-order valence-corrected chi connectivity index (χ3v) is 5.52. The minimum Gasteiger partial charge on any atom is -0.496 e.